The second-order valence-corrected chi connectivity index (χ2v) is 9.17. The molecule has 7 heteroatoms. The second-order valence-electron chi connectivity index (χ2n) is 8.12. The van der Waals surface area contributed by atoms with E-state index in [1.54, 1.807) is 6.20 Å². The van der Waals surface area contributed by atoms with Crippen LogP contribution < -0.4 is 15.4 Å². The summed E-state index contributed by atoms with van der Waals surface area (Å²) in [7, 11) is 0. The molecule has 0 fully saturated rings. The number of para-hydroxylation sites is 1. The smallest absolute Gasteiger partial charge is 0.261 e. The Hall–Kier alpha value is -2.93. The average Bonchev–Trinajstić information content (AvgIpc) is 3.07. The van der Waals surface area contributed by atoms with Gasteiger partial charge in [0, 0.05) is 23.5 Å². The molecule has 6 nitrogen and oxygen atoms in total. The molecular formula is C23H27N3O3S. The number of aromatic nitrogens is 1. The number of carbonyl (C=O) groups excluding carboxylic acids is 2. The van der Waals surface area contributed by atoms with Gasteiger partial charge in [-0.3, -0.25) is 14.6 Å². The zero-order valence-electron chi connectivity index (χ0n) is 17.7. The first-order chi connectivity index (χ1) is 14.3. The summed E-state index contributed by atoms with van der Waals surface area (Å²) in [4.78, 5) is 29.6. The van der Waals surface area contributed by atoms with Gasteiger partial charge in [0.2, 0.25) is 5.91 Å². The van der Waals surface area contributed by atoms with Crippen molar-refractivity contribution in [3.63, 3.8) is 0 Å². The van der Waals surface area contributed by atoms with Crippen LogP contribution >= 0.6 is 11.3 Å². The van der Waals surface area contributed by atoms with E-state index >= 15 is 0 Å². The maximum Gasteiger partial charge on any atom is 0.261 e. The van der Waals surface area contributed by atoms with E-state index in [4.69, 9.17) is 4.74 Å². The minimum absolute atomic E-state index is 0.0733. The molecule has 0 aliphatic carbocycles. The molecule has 1 aromatic carbocycles. The number of hydrogen-bond acceptors (Lipinski definition) is 5. The molecule has 0 atom stereocenters. The second kappa shape index (κ2) is 9.26. The van der Waals surface area contributed by atoms with Gasteiger partial charge in [-0.05, 0) is 37.1 Å². The molecule has 2 aromatic heterocycles. The predicted molar refractivity (Wildman–Crippen MR) is 121 cm³/mol. The third-order valence-corrected chi connectivity index (χ3v) is 5.65. The number of hydrogen-bond donors (Lipinski definition) is 2. The van der Waals surface area contributed by atoms with Crippen molar-refractivity contribution >= 4 is 39.1 Å². The highest BCUT2D eigenvalue weighted by Crippen LogP contribution is 2.28. The molecule has 0 saturated carbocycles. The number of nitrogens with zero attached hydrogens (tertiary/aromatic N) is 1. The lowest BCUT2D eigenvalue weighted by Crippen LogP contribution is -2.27. The van der Waals surface area contributed by atoms with Gasteiger partial charge in [-0.1, -0.05) is 39.0 Å². The van der Waals surface area contributed by atoms with Crippen LogP contribution in [0.25, 0.3) is 10.9 Å². The molecule has 2 amide bonds. The first-order valence-corrected chi connectivity index (χ1v) is 10.7. The van der Waals surface area contributed by atoms with E-state index < -0.39 is 5.41 Å². The quantitative estimate of drug-likeness (QED) is 0.534. The normalized spacial score (nSPS) is 11.3. The van der Waals surface area contributed by atoms with Crippen molar-refractivity contribution in [2.45, 2.75) is 34.1 Å². The van der Waals surface area contributed by atoms with Crippen LogP contribution in [0.5, 0.6) is 5.75 Å². The van der Waals surface area contributed by atoms with Gasteiger partial charge in [0.15, 0.2) is 0 Å². The van der Waals surface area contributed by atoms with Crippen molar-refractivity contribution in [2.75, 3.05) is 18.5 Å². The number of anilines is 1. The van der Waals surface area contributed by atoms with Crippen LogP contribution in [-0.2, 0) is 4.79 Å². The van der Waals surface area contributed by atoms with E-state index in [2.05, 4.69) is 15.6 Å². The zero-order valence-corrected chi connectivity index (χ0v) is 18.6. The Morgan fingerprint density at radius 3 is 2.70 bits per heavy atom. The molecule has 3 aromatic rings. The lowest BCUT2D eigenvalue weighted by Gasteiger charge is -2.16. The lowest BCUT2D eigenvalue weighted by atomic mass is 9.96. The Balaban J connectivity index is 1.48. The van der Waals surface area contributed by atoms with Crippen LogP contribution in [0.4, 0.5) is 5.00 Å². The fraction of sp³-hybridized carbons (Fsp3) is 0.348. The van der Waals surface area contributed by atoms with Crippen LogP contribution in [0, 0.1) is 12.3 Å². The first kappa shape index (κ1) is 21.8. The van der Waals surface area contributed by atoms with E-state index in [9.17, 15) is 9.59 Å². The van der Waals surface area contributed by atoms with Crippen LogP contribution in [0.2, 0.25) is 0 Å². The summed E-state index contributed by atoms with van der Waals surface area (Å²) in [5.74, 6) is 0.532. The molecule has 2 N–H and O–H groups in total. The first-order valence-electron chi connectivity index (χ1n) is 9.92. The summed E-state index contributed by atoms with van der Waals surface area (Å²) < 4.78 is 5.85. The van der Waals surface area contributed by atoms with Crippen LogP contribution in [0.3, 0.4) is 0 Å². The minimum atomic E-state index is -0.486. The van der Waals surface area contributed by atoms with E-state index in [-0.39, 0.29) is 11.8 Å². The van der Waals surface area contributed by atoms with Crippen molar-refractivity contribution in [1.29, 1.82) is 0 Å². The van der Waals surface area contributed by atoms with Crippen molar-refractivity contribution in [1.82, 2.24) is 10.3 Å². The van der Waals surface area contributed by atoms with Gasteiger partial charge in [-0.15, -0.1) is 11.3 Å². The van der Waals surface area contributed by atoms with Gasteiger partial charge < -0.3 is 15.4 Å². The largest absolute Gasteiger partial charge is 0.491 e. The van der Waals surface area contributed by atoms with Gasteiger partial charge >= 0.3 is 0 Å². The number of nitrogens with one attached hydrogen (secondary N) is 2. The maximum absolute atomic E-state index is 12.5. The Morgan fingerprint density at radius 1 is 1.17 bits per heavy atom. The summed E-state index contributed by atoms with van der Waals surface area (Å²) in [5.41, 5.74) is 1.20. The molecule has 0 radical (unpaired) electrons. The molecule has 0 bridgehead atoms. The van der Waals surface area contributed by atoms with Gasteiger partial charge in [0.25, 0.3) is 5.91 Å². The van der Waals surface area contributed by atoms with Crippen molar-refractivity contribution in [2.24, 2.45) is 5.41 Å². The Kier molecular flexibility index (Phi) is 6.72. The number of thiophene rings is 1. The molecule has 0 unspecified atom stereocenters. The van der Waals surface area contributed by atoms with Crippen molar-refractivity contribution in [3.8, 4) is 5.75 Å². The Morgan fingerprint density at radius 2 is 1.93 bits per heavy atom. The highest BCUT2D eigenvalue weighted by atomic mass is 32.1. The molecule has 30 heavy (non-hydrogen) atoms. The summed E-state index contributed by atoms with van der Waals surface area (Å²) >= 11 is 1.29. The fourth-order valence-electron chi connectivity index (χ4n) is 2.80. The molecule has 0 aliphatic rings. The number of amides is 2. The van der Waals surface area contributed by atoms with Crippen molar-refractivity contribution < 1.29 is 14.3 Å². The third-order valence-electron chi connectivity index (χ3n) is 4.50. The molecule has 0 aliphatic heterocycles. The van der Waals surface area contributed by atoms with Gasteiger partial charge in [-0.25, -0.2) is 0 Å². The number of ether oxygens (including phenoxy) is 1. The molecule has 158 valence electrons. The highest BCUT2D eigenvalue weighted by molar-refractivity contribution is 7.18. The van der Waals surface area contributed by atoms with Crippen molar-refractivity contribution in [3.05, 3.63) is 53.0 Å². The number of pyridine rings is 1. The number of fused-ring (bicyclic) bond motifs is 1. The number of carbonyl (C=O) groups is 2. The zero-order chi connectivity index (χ0) is 21.7. The third kappa shape index (κ3) is 5.36. The highest BCUT2D eigenvalue weighted by Gasteiger charge is 2.23. The standard InChI is InChI=1S/C23H27N3O3S/c1-15-14-18(26-22(28)23(2,3)4)30-20(15)21(27)25-12-7-13-29-17-10-5-8-16-9-6-11-24-19(16)17/h5-6,8-11,14H,7,12-13H2,1-4H3,(H,25,27)(H,26,28). The molecular weight excluding hydrogens is 398 g/mol. The predicted octanol–water partition coefficient (Wildman–Crippen LogP) is 4.79. The van der Waals surface area contributed by atoms with Crippen LogP contribution in [0.1, 0.15) is 42.4 Å². The number of rotatable bonds is 7. The van der Waals surface area contributed by atoms with E-state index in [1.807, 2.05) is 64.1 Å². The summed E-state index contributed by atoms with van der Waals surface area (Å²) in [6, 6.07) is 11.6. The number of benzene rings is 1. The van der Waals surface area contributed by atoms with E-state index in [0.717, 1.165) is 22.2 Å². The average molecular weight is 426 g/mol. The van der Waals surface area contributed by atoms with E-state index in [1.165, 1.54) is 11.3 Å². The van der Waals surface area contributed by atoms with Crippen LogP contribution in [0.15, 0.2) is 42.6 Å². The monoisotopic (exact) mass is 425 g/mol. The SMILES string of the molecule is Cc1cc(NC(=O)C(C)(C)C)sc1C(=O)NCCCOc1cccc2cccnc12. The maximum atomic E-state index is 12.5. The molecule has 0 saturated heterocycles. The Labute approximate surface area is 180 Å². The van der Waals surface area contributed by atoms with Gasteiger partial charge in [0.1, 0.15) is 11.3 Å². The molecule has 2 heterocycles. The van der Waals surface area contributed by atoms with Crippen LogP contribution in [-0.4, -0.2) is 29.9 Å². The Bertz CT molecular complexity index is 1050. The summed E-state index contributed by atoms with van der Waals surface area (Å²) in [5, 5.41) is 7.52. The molecule has 0 spiro atoms. The lowest BCUT2D eigenvalue weighted by molar-refractivity contribution is -0.123. The number of aryl methyl sites for hydroxylation is 1. The van der Waals surface area contributed by atoms with E-state index in [0.29, 0.717) is 29.5 Å². The van der Waals surface area contributed by atoms with Gasteiger partial charge in [-0.2, -0.15) is 0 Å². The summed E-state index contributed by atoms with van der Waals surface area (Å²) in [6.07, 6.45) is 2.42. The van der Waals surface area contributed by atoms with Gasteiger partial charge in [0.05, 0.1) is 16.5 Å². The molecule has 3 rings (SSSR count). The minimum Gasteiger partial charge on any atom is -0.491 e. The fourth-order valence-corrected chi connectivity index (χ4v) is 3.78. The topological polar surface area (TPSA) is 80.3 Å². The summed E-state index contributed by atoms with van der Waals surface area (Å²) in [6.45, 7) is 8.41.